The monoisotopic (exact) mass is 385 g/mol. The van der Waals surface area contributed by atoms with Crippen molar-refractivity contribution in [3.63, 3.8) is 0 Å². The molecule has 0 spiro atoms. The number of aryl methyl sites for hydroxylation is 1. The SMILES string of the molecule is CCCCOc1ccccc1C(=O)NC(=S)NNC(=O)c1cccc(C)c1. The van der Waals surface area contributed by atoms with Gasteiger partial charge in [-0.1, -0.05) is 43.2 Å². The van der Waals surface area contributed by atoms with Gasteiger partial charge < -0.3 is 4.74 Å². The lowest BCUT2D eigenvalue weighted by Gasteiger charge is -2.13. The molecule has 7 heteroatoms. The number of hydrazine groups is 1. The smallest absolute Gasteiger partial charge is 0.269 e. The third-order valence-electron chi connectivity index (χ3n) is 3.68. The largest absolute Gasteiger partial charge is 0.493 e. The van der Waals surface area contributed by atoms with Gasteiger partial charge in [-0.2, -0.15) is 0 Å². The third kappa shape index (κ3) is 6.38. The molecule has 6 nitrogen and oxygen atoms in total. The number of hydrogen-bond acceptors (Lipinski definition) is 4. The Labute approximate surface area is 164 Å². The fraction of sp³-hybridized carbons (Fsp3) is 0.250. The zero-order valence-corrected chi connectivity index (χ0v) is 16.2. The fourth-order valence-corrected chi connectivity index (χ4v) is 2.42. The predicted molar refractivity (Wildman–Crippen MR) is 109 cm³/mol. The first kappa shape index (κ1) is 20.4. The molecule has 0 unspecified atom stereocenters. The topological polar surface area (TPSA) is 79.5 Å². The van der Waals surface area contributed by atoms with E-state index >= 15 is 0 Å². The molecule has 2 aromatic rings. The van der Waals surface area contributed by atoms with E-state index in [1.54, 1.807) is 42.5 Å². The van der Waals surface area contributed by atoms with Gasteiger partial charge in [-0.3, -0.25) is 25.8 Å². The van der Waals surface area contributed by atoms with Crippen LogP contribution < -0.4 is 20.9 Å². The molecule has 0 aliphatic carbocycles. The van der Waals surface area contributed by atoms with Crippen molar-refractivity contribution in [2.45, 2.75) is 26.7 Å². The van der Waals surface area contributed by atoms with Crippen molar-refractivity contribution in [2.24, 2.45) is 0 Å². The minimum atomic E-state index is -0.413. The van der Waals surface area contributed by atoms with Gasteiger partial charge in [-0.25, -0.2) is 0 Å². The Balaban J connectivity index is 1.90. The maximum atomic E-state index is 12.4. The molecule has 0 bridgehead atoms. The minimum Gasteiger partial charge on any atom is -0.493 e. The van der Waals surface area contributed by atoms with Gasteiger partial charge in [-0.15, -0.1) is 0 Å². The third-order valence-corrected chi connectivity index (χ3v) is 3.89. The second-order valence-electron chi connectivity index (χ2n) is 5.93. The summed E-state index contributed by atoms with van der Waals surface area (Å²) in [5.41, 5.74) is 6.84. The van der Waals surface area contributed by atoms with Crippen LogP contribution in [-0.2, 0) is 0 Å². The van der Waals surface area contributed by atoms with Crippen LogP contribution in [0.15, 0.2) is 48.5 Å². The Morgan fingerprint density at radius 1 is 1.04 bits per heavy atom. The summed E-state index contributed by atoms with van der Waals surface area (Å²) >= 11 is 5.08. The van der Waals surface area contributed by atoms with Gasteiger partial charge in [0.05, 0.1) is 12.2 Å². The molecule has 27 heavy (non-hydrogen) atoms. The zero-order chi connectivity index (χ0) is 19.6. The summed E-state index contributed by atoms with van der Waals surface area (Å²) in [5.74, 6) is -0.266. The van der Waals surface area contributed by atoms with Gasteiger partial charge in [0.1, 0.15) is 5.75 Å². The molecular formula is C20H23N3O3S. The average molecular weight is 385 g/mol. The first-order chi connectivity index (χ1) is 13.0. The van der Waals surface area contributed by atoms with E-state index < -0.39 is 5.91 Å². The molecular weight excluding hydrogens is 362 g/mol. The van der Waals surface area contributed by atoms with Gasteiger partial charge in [0, 0.05) is 5.56 Å². The van der Waals surface area contributed by atoms with Crippen LogP contribution in [0.1, 0.15) is 46.0 Å². The maximum absolute atomic E-state index is 12.4. The van der Waals surface area contributed by atoms with E-state index in [0.717, 1.165) is 18.4 Å². The highest BCUT2D eigenvalue weighted by Gasteiger charge is 2.14. The van der Waals surface area contributed by atoms with Crippen LogP contribution in [-0.4, -0.2) is 23.5 Å². The number of carbonyl (C=O) groups is 2. The molecule has 2 amide bonds. The van der Waals surface area contributed by atoms with Crippen LogP contribution in [0.2, 0.25) is 0 Å². The number of carbonyl (C=O) groups excluding carboxylic acids is 2. The zero-order valence-electron chi connectivity index (χ0n) is 15.4. The Bertz CT molecular complexity index is 824. The van der Waals surface area contributed by atoms with E-state index in [4.69, 9.17) is 17.0 Å². The molecule has 2 rings (SSSR count). The highest BCUT2D eigenvalue weighted by atomic mass is 32.1. The van der Waals surface area contributed by atoms with E-state index in [2.05, 4.69) is 23.1 Å². The second kappa shape index (κ2) is 10.3. The van der Waals surface area contributed by atoms with E-state index in [1.165, 1.54) is 0 Å². The number of nitrogens with one attached hydrogen (secondary N) is 3. The highest BCUT2D eigenvalue weighted by Crippen LogP contribution is 2.18. The Morgan fingerprint density at radius 2 is 1.81 bits per heavy atom. The van der Waals surface area contributed by atoms with Crippen LogP contribution in [0.4, 0.5) is 0 Å². The molecule has 0 atom stereocenters. The van der Waals surface area contributed by atoms with Gasteiger partial charge in [0.15, 0.2) is 5.11 Å². The van der Waals surface area contributed by atoms with Gasteiger partial charge in [0.25, 0.3) is 11.8 Å². The summed E-state index contributed by atoms with van der Waals surface area (Å²) in [6.45, 7) is 4.50. The van der Waals surface area contributed by atoms with E-state index in [0.29, 0.717) is 23.5 Å². The first-order valence-corrected chi connectivity index (χ1v) is 9.12. The number of thiocarbonyl (C=S) groups is 1. The molecule has 0 saturated heterocycles. The molecule has 0 saturated carbocycles. The fourth-order valence-electron chi connectivity index (χ4n) is 2.28. The van der Waals surface area contributed by atoms with Crippen molar-refractivity contribution in [1.29, 1.82) is 0 Å². The number of amides is 2. The minimum absolute atomic E-state index is 0.00985. The molecule has 0 aromatic heterocycles. The van der Waals surface area contributed by atoms with Crippen LogP contribution in [0.5, 0.6) is 5.75 Å². The molecule has 0 heterocycles. The van der Waals surface area contributed by atoms with Gasteiger partial charge in [0.2, 0.25) is 0 Å². The lowest BCUT2D eigenvalue weighted by molar-refractivity contribution is 0.0933. The first-order valence-electron chi connectivity index (χ1n) is 8.71. The van der Waals surface area contributed by atoms with Crippen molar-refractivity contribution in [2.75, 3.05) is 6.61 Å². The molecule has 0 aliphatic rings. The molecule has 0 fully saturated rings. The quantitative estimate of drug-likeness (QED) is 0.404. The number of unbranched alkanes of at least 4 members (excludes halogenated alkanes) is 1. The van der Waals surface area contributed by atoms with Crippen LogP contribution in [0.3, 0.4) is 0 Å². The summed E-state index contributed by atoms with van der Waals surface area (Å²) in [6.07, 6.45) is 1.91. The molecule has 0 aliphatic heterocycles. The Kier molecular flexibility index (Phi) is 7.76. The van der Waals surface area contributed by atoms with Crippen molar-refractivity contribution in [3.05, 3.63) is 65.2 Å². The number of para-hydroxylation sites is 1. The Hall–Kier alpha value is -2.93. The van der Waals surface area contributed by atoms with Gasteiger partial charge in [-0.05, 0) is 49.8 Å². The summed E-state index contributed by atoms with van der Waals surface area (Å²) in [4.78, 5) is 24.5. The van der Waals surface area contributed by atoms with E-state index in [-0.39, 0.29) is 11.0 Å². The molecule has 2 aromatic carbocycles. The van der Waals surface area contributed by atoms with Crippen LogP contribution >= 0.6 is 12.2 Å². The average Bonchev–Trinajstić information content (AvgIpc) is 2.66. The number of rotatable bonds is 6. The van der Waals surface area contributed by atoms with Crippen LogP contribution in [0, 0.1) is 6.92 Å². The standard InChI is InChI=1S/C20H23N3O3S/c1-3-4-12-26-17-11-6-5-10-16(17)19(25)21-20(27)23-22-18(24)15-9-7-8-14(2)13-15/h5-11,13H,3-4,12H2,1-2H3,(H,22,24)(H2,21,23,25,27). The van der Waals surface area contributed by atoms with Crippen molar-refractivity contribution >= 4 is 29.1 Å². The maximum Gasteiger partial charge on any atom is 0.269 e. The molecule has 142 valence electrons. The summed E-state index contributed by atoms with van der Waals surface area (Å²) in [6, 6.07) is 14.1. The normalized spacial score (nSPS) is 10.0. The molecule has 3 N–H and O–H groups in total. The summed E-state index contributed by atoms with van der Waals surface area (Å²) < 4.78 is 5.65. The van der Waals surface area contributed by atoms with Crippen molar-refractivity contribution in [3.8, 4) is 5.75 Å². The predicted octanol–water partition coefficient (Wildman–Crippen LogP) is 3.12. The van der Waals surface area contributed by atoms with E-state index in [1.807, 2.05) is 13.0 Å². The second-order valence-corrected chi connectivity index (χ2v) is 6.34. The van der Waals surface area contributed by atoms with Crippen molar-refractivity contribution < 1.29 is 14.3 Å². The highest BCUT2D eigenvalue weighted by molar-refractivity contribution is 7.80. The lowest BCUT2D eigenvalue weighted by Crippen LogP contribution is -2.48. The van der Waals surface area contributed by atoms with E-state index in [9.17, 15) is 9.59 Å². The summed E-state index contributed by atoms with van der Waals surface area (Å²) in [7, 11) is 0. The lowest BCUT2D eigenvalue weighted by atomic mass is 10.1. The van der Waals surface area contributed by atoms with Crippen molar-refractivity contribution in [1.82, 2.24) is 16.2 Å². The number of ether oxygens (including phenoxy) is 1. The number of benzene rings is 2. The van der Waals surface area contributed by atoms with Crippen LogP contribution in [0.25, 0.3) is 0 Å². The summed E-state index contributed by atoms with van der Waals surface area (Å²) in [5, 5.41) is 2.52. The number of hydrogen-bond donors (Lipinski definition) is 3. The van der Waals surface area contributed by atoms with Gasteiger partial charge >= 0.3 is 0 Å². The Morgan fingerprint density at radius 3 is 2.56 bits per heavy atom. The molecule has 0 radical (unpaired) electrons.